The van der Waals surface area contributed by atoms with Crippen molar-refractivity contribution in [1.82, 2.24) is 0 Å². The molecular formula is C12H18BrNO. The molecule has 84 valence electrons. The van der Waals surface area contributed by atoms with Crippen molar-refractivity contribution in [1.29, 1.82) is 0 Å². The molecule has 0 aliphatic heterocycles. The van der Waals surface area contributed by atoms with E-state index in [0.717, 1.165) is 23.1 Å². The lowest BCUT2D eigenvalue weighted by Crippen LogP contribution is -2.19. The number of rotatable bonds is 5. The number of benzene rings is 1. The molecule has 0 spiro atoms. The second-order valence-electron chi connectivity index (χ2n) is 3.66. The maximum atomic E-state index is 5.86. The van der Waals surface area contributed by atoms with E-state index in [4.69, 9.17) is 10.5 Å². The summed E-state index contributed by atoms with van der Waals surface area (Å²) in [5.41, 5.74) is 6.75. The highest BCUT2D eigenvalue weighted by molar-refractivity contribution is 9.10. The van der Waals surface area contributed by atoms with Gasteiger partial charge >= 0.3 is 0 Å². The molecule has 0 aliphatic carbocycles. The Labute approximate surface area is 99.9 Å². The number of nitrogens with two attached hydrogens (primary N) is 1. The van der Waals surface area contributed by atoms with Gasteiger partial charge in [-0.2, -0.15) is 0 Å². The topological polar surface area (TPSA) is 35.2 Å². The van der Waals surface area contributed by atoms with E-state index >= 15 is 0 Å². The lowest BCUT2D eigenvalue weighted by atomic mass is 10.2. The van der Waals surface area contributed by atoms with E-state index in [1.165, 1.54) is 5.56 Å². The fourth-order valence-electron chi connectivity index (χ4n) is 1.41. The van der Waals surface area contributed by atoms with Crippen LogP contribution >= 0.6 is 15.9 Å². The molecule has 2 nitrogen and oxygen atoms in total. The maximum Gasteiger partial charge on any atom is 0.133 e. The monoisotopic (exact) mass is 271 g/mol. The third kappa shape index (κ3) is 3.84. The molecule has 0 saturated heterocycles. The first kappa shape index (κ1) is 12.5. The molecule has 0 bridgehead atoms. The third-order valence-corrected chi connectivity index (χ3v) is 2.94. The number of halogens is 1. The van der Waals surface area contributed by atoms with Crippen LogP contribution in [0.15, 0.2) is 22.7 Å². The van der Waals surface area contributed by atoms with Gasteiger partial charge in [0.05, 0.1) is 10.6 Å². The zero-order chi connectivity index (χ0) is 11.3. The minimum absolute atomic E-state index is 0.217. The predicted molar refractivity (Wildman–Crippen MR) is 67.3 cm³/mol. The first-order valence-electron chi connectivity index (χ1n) is 5.30. The minimum Gasteiger partial charge on any atom is -0.489 e. The van der Waals surface area contributed by atoms with Crippen LogP contribution in [0.4, 0.5) is 0 Å². The Morgan fingerprint density at radius 3 is 2.73 bits per heavy atom. The maximum absolute atomic E-state index is 5.86. The van der Waals surface area contributed by atoms with Crippen LogP contribution in [0.25, 0.3) is 0 Å². The molecule has 1 unspecified atom stereocenters. The quantitative estimate of drug-likeness (QED) is 0.892. The third-order valence-electron chi connectivity index (χ3n) is 2.33. The highest BCUT2D eigenvalue weighted by atomic mass is 79.9. The van der Waals surface area contributed by atoms with Crippen LogP contribution in [0.2, 0.25) is 0 Å². The van der Waals surface area contributed by atoms with Crippen molar-refractivity contribution >= 4 is 15.9 Å². The number of hydrogen-bond acceptors (Lipinski definition) is 2. The van der Waals surface area contributed by atoms with Crippen molar-refractivity contribution in [2.45, 2.75) is 32.8 Å². The molecule has 2 N–H and O–H groups in total. The van der Waals surface area contributed by atoms with Crippen molar-refractivity contribution in [3.63, 3.8) is 0 Å². The molecule has 0 fully saturated rings. The van der Waals surface area contributed by atoms with E-state index in [-0.39, 0.29) is 6.10 Å². The summed E-state index contributed by atoms with van der Waals surface area (Å²) in [6.45, 7) is 4.84. The summed E-state index contributed by atoms with van der Waals surface area (Å²) in [5.74, 6) is 0.904. The zero-order valence-corrected chi connectivity index (χ0v) is 10.9. The predicted octanol–water partition coefficient (Wildman–Crippen LogP) is 3.26. The average molecular weight is 272 g/mol. The average Bonchev–Trinajstić information content (AvgIpc) is 2.21. The summed E-state index contributed by atoms with van der Waals surface area (Å²) in [6, 6.07) is 6.11. The van der Waals surface area contributed by atoms with Gasteiger partial charge in [-0.3, -0.25) is 0 Å². The van der Waals surface area contributed by atoms with Crippen LogP contribution in [0.3, 0.4) is 0 Å². The smallest absolute Gasteiger partial charge is 0.133 e. The van der Waals surface area contributed by atoms with Crippen LogP contribution in [0.5, 0.6) is 5.75 Å². The van der Waals surface area contributed by atoms with Gasteiger partial charge in [0, 0.05) is 0 Å². The summed E-state index contributed by atoms with van der Waals surface area (Å²) in [7, 11) is 0. The highest BCUT2D eigenvalue weighted by Gasteiger charge is 2.09. The Kier molecular flexibility index (Phi) is 5.12. The summed E-state index contributed by atoms with van der Waals surface area (Å²) in [4.78, 5) is 0. The Morgan fingerprint density at radius 1 is 1.47 bits per heavy atom. The number of ether oxygens (including phenoxy) is 1. The van der Waals surface area contributed by atoms with Gasteiger partial charge in [0.1, 0.15) is 5.75 Å². The summed E-state index contributed by atoms with van der Waals surface area (Å²) >= 11 is 3.50. The van der Waals surface area contributed by atoms with Gasteiger partial charge in [0.15, 0.2) is 0 Å². The van der Waals surface area contributed by atoms with E-state index in [9.17, 15) is 0 Å². The van der Waals surface area contributed by atoms with Gasteiger partial charge in [0.25, 0.3) is 0 Å². The van der Waals surface area contributed by atoms with Crippen molar-refractivity contribution in [3.8, 4) is 5.75 Å². The van der Waals surface area contributed by atoms with E-state index < -0.39 is 0 Å². The van der Waals surface area contributed by atoms with Gasteiger partial charge in [-0.15, -0.1) is 0 Å². The fraction of sp³-hybridized carbons (Fsp3) is 0.500. The molecule has 1 rings (SSSR count). The fourth-order valence-corrected chi connectivity index (χ4v) is 2.00. The van der Waals surface area contributed by atoms with E-state index in [1.807, 2.05) is 6.07 Å². The van der Waals surface area contributed by atoms with Gasteiger partial charge in [-0.1, -0.05) is 13.0 Å². The normalized spacial score (nSPS) is 12.5. The first-order chi connectivity index (χ1) is 7.17. The Balaban J connectivity index is 2.70. The number of aryl methyl sites for hydroxylation is 1. The van der Waals surface area contributed by atoms with Crippen molar-refractivity contribution in [2.24, 2.45) is 5.73 Å². The zero-order valence-electron chi connectivity index (χ0n) is 9.29. The van der Waals surface area contributed by atoms with Crippen molar-refractivity contribution < 1.29 is 4.74 Å². The SMILES string of the molecule is CCC(CCN)Oc1ccc(C)cc1Br. The second kappa shape index (κ2) is 6.13. The highest BCUT2D eigenvalue weighted by Crippen LogP contribution is 2.27. The molecule has 0 aromatic heterocycles. The van der Waals surface area contributed by atoms with Crippen LogP contribution in [-0.2, 0) is 0 Å². The Morgan fingerprint density at radius 2 is 2.20 bits per heavy atom. The second-order valence-corrected chi connectivity index (χ2v) is 4.51. The van der Waals surface area contributed by atoms with E-state index in [2.05, 4.69) is 41.9 Å². The van der Waals surface area contributed by atoms with Crippen molar-refractivity contribution in [2.75, 3.05) is 6.54 Å². The lowest BCUT2D eigenvalue weighted by Gasteiger charge is -2.17. The summed E-state index contributed by atoms with van der Waals surface area (Å²) in [5, 5.41) is 0. The van der Waals surface area contributed by atoms with E-state index in [1.54, 1.807) is 0 Å². The molecule has 0 aliphatic rings. The molecule has 1 aromatic carbocycles. The largest absolute Gasteiger partial charge is 0.489 e. The van der Waals surface area contributed by atoms with Crippen LogP contribution in [0, 0.1) is 6.92 Å². The molecule has 0 saturated carbocycles. The standard InChI is InChI=1S/C12H18BrNO/c1-3-10(6-7-14)15-12-5-4-9(2)8-11(12)13/h4-5,8,10H,3,6-7,14H2,1-2H3. The molecule has 1 aromatic rings. The number of hydrogen-bond donors (Lipinski definition) is 1. The van der Waals surface area contributed by atoms with Crippen LogP contribution in [-0.4, -0.2) is 12.6 Å². The molecule has 1 atom stereocenters. The molecular weight excluding hydrogens is 254 g/mol. The van der Waals surface area contributed by atoms with Gasteiger partial charge in [0.2, 0.25) is 0 Å². The summed E-state index contributed by atoms with van der Waals surface area (Å²) in [6.07, 6.45) is 2.10. The van der Waals surface area contributed by atoms with Crippen molar-refractivity contribution in [3.05, 3.63) is 28.2 Å². The van der Waals surface area contributed by atoms with E-state index in [0.29, 0.717) is 6.54 Å². The van der Waals surface area contributed by atoms with Gasteiger partial charge in [-0.25, -0.2) is 0 Å². The van der Waals surface area contributed by atoms with Crippen LogP contribution in [0.1, 0.15) is 25.3 Å². The summed E-state index contributed by atoms with van der Waals surface area (Å²) < 4.78 is 6.87. The Hall–Kier alpha value is -0.540. The minimum atomic E-state index is 0.217. The first-order valence-corrected chi connectivity index (χ1v) is 6.09. The lowest BCUT2D eigenvalue weighted by molar-refractivity contribution is 0.188. The molecule has 0 amide bonds. The van der Waals surface area contributed by atoms with Gasteiger partial charge in [-0.05, 0) is 59.9 Å². The Bertz CT molecular complexity index is 314. The molecule has 3 heteroatoms. The van der Waals surface area contributed by atoms with Crippen LogP contribution < -0.4 is 10.5 Å². The molecule has 0 heterocycles. The van der Waals surface area contributed by atoms with Gasteiger partial charge < -0.3 is 10.5 Å². The molecule has 15 heavy (non-hydrogen) atoms. The molecule has 0 radical (unpaired) electrons.